The largest absolute Gasteiger partial charge is 0.304 e. The Bertz CT molecular complexity index is 553. The van der Waals surface area contributed by atoms with Gasteiger partial charge in [-0.1, -0.05) is 6.92 Å². The highest BCUT2D eigenvalue weighted by molar-refractivity contribution is 9.10. The van der Waals surface area contributed by atoms with E-state index >= 15 is 0 Å². The van der Waals surface area contributed by atoms with Gasteiger partial charge in [0.2, 0.25) is 0 Å². The fraction of sp³-hybridized carbons (Fsp3) is 0.533. The summed E-state index contributed by atoms with van der Waals surface area (Å²) in [6.07, 6.45) is 6.16. The summed E-state index contributed by atoms with van der Waals surface area (Å²) in [5, 5.41) is 7.07. The highest BCUT2D eigenvalue weighted by Gasteiger charge is 2.23. The second-order valence-corrected chi connectivity index (χ2v) is 8.16. The predicted molar refractivity (Wildman–Crippen MR) is 90.9 cm³/mol. The molecule has 5 heteroatoms. The van der Waals surface area contributed by atoms with Gasteiger partial charge in [-0.3, -0.25) is 0 Å². The standard InChI is InChI=1S/C15H19BrN2S2/c1-2-7-17-14(13-8-10(16)9-19-13)15-18-11-5-3-4-6-12(11)20-15/h8-9,14,17H,2-7H2,1H3. The Balaban J connectivity index is 1.90. The van der Waals surface area contributed by atoms with Gasteiger partial charge in [-0.2, -0.15) is 0 Å². The minimum Gasteiger partial charge on any atom is -0.304 e. The first-order valence-corrected chi connectivity index (χ1v) is 9.72. The van der Waals surface area contributed by atoms with Gasteiger partial charge in [-0.25, -0.2) is 4.98 Å². The first kappa shape index (κ1) is 14.7. The number of thiophene rings is 1. The molecule has 0 amide bonds. The molecule has 0 fully saturated rings. The molecule has 1 aliphatic rings. The number of halogens is 1. The predicted octanol–water partition coefficient (Wildman–Crippen LogP) is 4.93. The summed E-state index contributed by atoms with van der Waals surface area (Å²) in [5.74, 6) is 0. The molecule has 20 heavy (non-hydrogen) atoms. The fourth-order valence-electron chi connectivity index (χ4n) is 2.57. The molecule has 108 valence electrons. The Morgan fingerprint density at radius 2 is 2.25 bits per heavy atom. The van der Waals surface area contributed by atoms with Gasteiger partial charge in [-0.15, -0.1) is 22.7 Å². The van der Waals surface area contributed by atoms with Crippen LogP contribution in [0.4, 0.5) is 0 Å². The topological polar surface area (TPSA) is 24.9 Å². The van der Waals surface area contributed by atoms with Gasteiger partial charge in [0.05, 0.1) is 11.7 Å². The van der Waals surface area contributed by atoms with Crippen LogP contribution in [0.5, 0.6) is 0 Å². The molecule has 3 rings (SSSR count). The van der Waals surface area contributed by atoms with Crippen molar-refractivity contribution in [1.82, 2.24) is 10.3 Å². The summed E-state index contributed by atoms with van der Waals surface area (Å²) < 4.78 is 1.17. The molecule has 1 unspecified atom stereocenters. The maximum Gasteiger partial charge on any atom is 0.115 e. The molecule has 2 heterocycles. The monoisotopic (exact) mass is 370 g/mol. The van der Waals surface area contributed by atoms with Crippen LogP contribution in [0.3, 0.4) is 0 Å². The van der Waals surface area contributed by atoms with E-state index in [-0.39, 0.29) is 6.04 Å². The Kier molecular flexibility index (Phi) is 4.91. The van der Waals surface area contributed by atoms with Crippen molar-refractivity contribution in [3.63, 3.8) is 0 Å². The van der Waals surface area contributed by atoms with Crippen LogP contribution in [0.25, 0.3) is 0 Å². The van der Waals surface area contributed by atoms with E-state index in [0.29, 0.717) is 0 Å². The van der Waals surface area contributed by atoms with Gasteiger partial charge in [0, 0.05) is 19.6 Å². The number of hydrogen-bond acceptors (Lipinski definition) is 4. The lowest BCUT2D eigenvalue weighted by molar-refractivity contribution is 0.599. The molecule has 0 aliphatic heterocycles. The number of fused-ring (bicyclic) bond motifs is 1. The zero-order valence-corrected chi connectivity index (χ0v) is 14.8. The van der Waals surface area contributed by atoms with Gasteiger partial charge in [0.15, 0.2) is 0 Å². The Morgan fingerprint density at radius 1 is 1.40 bits per heavy atom. The number of nitrogens with zero attached hydrogens (tertiary/aromatic N) is 1. The van der Waals surface area contributed by atoms with Crippen LogP contribution in [0.15, 0.2) is 15.9 Å². The van der Waals surface area contributed by atoms with E-state index in [2.05, 4.69) is 39.6 Å². The van der Waals surface area contributed by atoms with Crippen molar-refractivity contribution < 1.29 is 0 Å². The molecule has 0 spiro atoms. The minimum atomic E-state index is 0.266. The Hall–Kier alpha value is -0.230. The molecule has 0 saturated carbocycles. The number of hydrogen-bond donors (Lipinski definition) is 1. The first-order valence-electron chi connectivity index (χ1n) is 7.23. The van der Waals surface area contributed by atoms with Crippen LogP contribution in [0.1, 0.15) is 52.7 Å². The van der Waals surface area contributed by atoms with Crippen molar-refractivity contribution >= 4 is 38.6 Å². The van der Waals surface area contributed by atoms with E-state index in [1.54, 1.807) is 11.3 Å². The zero-order chi connectivity index (χ0) is 13.9. The van der Waals surface area contributed by atoms with Crippen molar-refractivity contribution in [3.8, 4) is 0 Å². The highest BCUT2D eigenvalue weighted by Crippen LogP contribution is 2.35. The lowest BCUT2D eigenvalue weighted by Crippen LogP contribution is -2.22. The molecule has 0 radical (unpaired) electrons. The number of nitrogens with one attached hydrogen (secondary N) is 1. The van der Waals surface area contributed by atoms with E-state index in [1.165, 1.54) is 50.6 Å². The van der Waals surface area contributed by atoms with E-state index in [0.717, 1.165) is 13.0 Å². The lowest BCUT2D eigenvalue weighted by atomic mass is 10.0. The van der Waals surface area contributed by atoms with Gasteiger partial charge in [-0.05, 0) is 60.6 Å². The van der Waals surface area contributed by atoms with Crippen LogP contribution < -0.4 is 5.32 Å². The Labute approximate surface area is 136 Å². The van der Waals surface area contributed by atoms with Crippen LogP contribution >= 0.6 is 38.6 Å². The van der Waals surface area contributed by atoms with Crippen molar-refractivity contribution in [2.75, 3.05) is 6.54 Å². The summed E-state index contributed by atoms with van der Waals surface area (Å²) in [4.78, 5) is 7.81. The summed E-state index contributed by atoms with van der Waals surface area (Å²) in [7, 11) is 0. The van der Waals surface area contributed by atoms with Crippen molar-refractivity contribution in [2.45, 2.75) is 45.1 Å². The molecule has 2 nitrogen and oxygen atoms in total. The van der Waals surface area contributed by atoms with E-state index in [9.17, 15) is 0 Å². The number of aromatic nitrogens is 1. The molecular weight excluding hydrogens is 352 g/mol. The van der Waals surface area contributed by atoms with Crippen molar-refractivity contribution in [2.24, 2.45) is 0 Å². The summed E-state index contributed by atoms with van der Waals surface area (Å²) in [6.45, 7) is 3.24. The van der Waals surface area contributed by atoms with Crippen LogP contribution in [0.2, 0.25) is 0 Å². The Morgan fingerprint density at radius 3 is 2.95 bits per heavy atom. The van der Waals surface area contributed by atoms with Crippen LogP contribution in [-0.2, 0) is 12.8 Å². The average molecular weight is 371 g/mol. The van der Waals surface area contributed by atoms with Crippen LogP contribution in [-0.4, -0.2) is 11.5 Å². The fourth-order valence-corrected chi connectivity index (χ4v) is 5.42. The third-order valence-corrected chi connectivity index (χ3v) is 6.56. The lowest BCUT2D eigenvalue weighted by Gasteiger charge is -2.14. The molecular formula is C15H19BrN2S2. The zero-order valence-electron chi connectivity index (χ0n) is 11.6. The highest BCUT2D eigenvalue weighted by atomic mass is 79.9. The summed E-state index contributed by atoms with van der Waals surface area (Å²) in [5.41, 5.74) is 1.36. The molecule has 2 aromatic heterocycles. The van der Waals surface area contributed by atoms with E-state index < -0.39 is 0 Å². The van der Waals surface area contributed by atoms with E-state index in [1.807, 2.05) is 11.3 Å². The molecule has 1 N–H and O–H groups in total. The van der Waals surface area contributed by atoms with Gasteiger partial charge in [0.1, 0.15) is 5.01 Å². The summed E-state index contributed by atoms with van der Waals surface area (Å²) >= 11 is 7.29. The normalized spacial score (nSPS) is 16.1. The minimum absolute atomic E-state index is 0.266. The smallest absolute Gasteiger partial charge is 0.115 e. The third-order valence-electron chi connectivity index (χ3n) is 3.58. The van der Waals surface area contributed by atoms with Crippen molar-refractivity contribution in [1.29, 1.82) is 0 Å². The average Bonchev–Trinajstić information content (AvgIpc) is 3.05. The number of rotatable bonds is 5. The van der Waals surface area contributed by atoms with Gasteiger partial charge < -0.3 is 5.32 Å². The number of aryl methyl sites for hydroxylation is 2. The molecule has 0 bridgehead atoms. The molecule has 1 aliphatic carbocycles. The number of thiazole rings is 1. The molecule has 2 aromatic rings. The van der Waals surface area contributed by atoms with Crippen molar-refractivity contribution in [3.05, 3.63) is 36.4 Å². The molecule has 0 saturated heterocycles. The quantitative estimate of drug-likeness (QED) is 0.806. The second-order valence-electron chi connectivity index (χ2n) is 5.18. The van der Waals surface area contributed by atoms with Gasteiger partial charge >= 0.3 is 0 Å². The third kappa shape index (κ3) is 3.16. The van der Waals surface area contributed by atoms with Gasteiger partial charge in [0.25, 0.3) is 0 Å². The maximum absolute atomic E-state index is 4.94. The molecule has 0 aromatic carbocycles. The SMILES string of the molecule is CCCNC(c1cc(Br)cs1)c1nc2c(s1)CCCC2. The summed E-state index contributed by atoms with van der Waals surface area (Å²) in [6, 6.07) is 2.49. The first-order chi connectivity index (χ1) is 9.78. The van der Waals surface area contributed by atoms with Crippen LogP contribution in [0, 0.1) is 0 Å². The molecule has 1 atom stereocenters. The second kappa shape index (κ2) is 6.69. The maximum atomic E-state index is 4.94. The van der Waals surface area contributed by atoms with E-state index in [4.69, 9.17) is 4.98 Å².